The molecule has 0 aliphatic heterocycles. The summed E-state index contributed by atoms with van der Waals surface area (Å²) >= 11 is 3.26. The van der Waals surface area contributed by atoms with E-state index >= 15 is 0 Å². The van der Waals surface area contributed by atoms with Gasteiger partial charge in [0, 0.05) is 13.5 Å². The number of nitrogens with zero attached hydrogens (tertiary/aromatic N) is 2. The SMILES string of the molecule is CCN(C(=O)OC(C)(C)C)c1cc(Br)c[n+]([O-])c1C. The fourth-order valence-corrected chi connectivity index (χ4v) is 1.98. The highest BCUT2D eigenvalue weighted by Crippen LogP contribution is 2.23. The monoisotopic (exact) mass is 330 g/mol. The Labute approximate surface area is 121 Å². The summed E-state index contributed by atoms with van der Waals surface area (Å²) < 4.78 is 6.68. The normalized spacial score (nSPS) is 11.3. The van der Waals surface area contributed by atoms with Crippen molar-refractivity contribution in [3.8, 4) is 0 Å². The molecule has 0 saturated heterocycles. The van der Waals surface area contributed by atoms with Gasteiger partial charge in [-0.25, -0.2) is 4.79 Å². The molecular formula is C13H19BrN2O3. The number of rotatable bonds is 2. The van der Waals surface area contributed by atoms with Crippen LogP contribution in [0.15, 0.2) is 16.7 Å². The van der Waals surface area contributed by atoms with Crippen LogP contribution in [0.25, 0.3) is 0 Å². The van der Waals surface area contributed by atoms with Gasteiger partial charge in [-0.15, -0.1) is 0 Å². The molecular weight excluding hydrogens is 312 g/mol. The summed E-state index contributed by atoms with van der Waals surface area (Å²) in [5.41, 5.74) is 0.426. The van der Waals surface area contributed by atoms with Crippen molar-refractivity contribution in [2.75, 3.05) is 11.4 Å². The zero-order valence-corrected chi connectivity index (χ0v) is 13.4. The minimum atomic E-state index is -0.572. The van der Waals surface area contributed by atoms with E-state index in [2.05, 4.69) is 15.9 Å². The summed E-state index contributed by atoms with van der Waals surface area (Å²) in [5, 5.41) is 11.7. The molecule has 0 radical (unpaired) electrons. The number of anilines is 1. The van der Waals surface area contributed by atoms with Gasteiger partial charge in [-0.1, -0.05) is 0 Å². The molecule has 0 saturated carbocycles. The summed E-state index contributed by atoms with van der Waals surface area (Å²) in [4.78, 5) is 13.6. The first-order valence-electron chi connectivity index (χ1n) is 6.05. The Kier molecular flexibility index (Phi) is 4.79. The van der Waals surface area contributed by atoms with E-state index in [1.807, 2.05) is 6.92 Å². The topological polar surface area (TPSA) is 56.5 Å². The molecule has 0 unspecified atom stereocenters. The van der Waals surface area contributed by atoms with Gasteiger partial charge < -0.3 is 9.94 Å². The Hall–Kier alpha value is -1.30. The Morgan fingerprint density at radius 1 is 1.53 bits per heavy atom. The summed E-state index contributed by atoms with van der Waals surface area (Å²) in [7, 11) is 0. The summed E-state index contributed by atoms with van der Waals surface area (Å²) in [6, 6.07) is 1.73. The third kappa shape index (κ3) is 4.09. The maximum Gasteiger partial charge on any atom is 0.414 e. The predicted molar refractivity (Wildman–Crippen MR) is 77.1 cm³/mol. The number of hydrogen-bond donors (Lipinski definition) is 0. The summed E-state index contributed by atoms with van der Waals surface area (Å²) in [6.07, 6.45) is 0.943. The van der Waals surface area contributed by atoms with E-state index in [0.717, 1.165) is 4.73 Å². The van der Waals surface area contributed by atoms with Gasteiger partial charge in [-0.2, -0.15) is 4.73 Å². The average Bonchev–Trinajstić information content (AvgIpc) is 2.23. The molecule has 0 bridgehead atoms. The molecule has 106 valence electrons. The highest BCUT2D eigenvalue weighted by Gasteiger charge is 2.26. The Bertz CT molecular complexity index is 484. The number of carbonyl (C=O) groups excluding carboxylic acids is 1. The minimum absolute atomic E-state index is 0.423. The number of hydrogen-bond acceptors (Lipinski definition) is 3. The van der Waals surface area contributed by atoms with Gasteiger partial charge >= 0.3 is 6.09 Å². The smallest absolute Gasteiger partial charge is 0.414 e. The van der Waals surface area contributed by atoms with Crippen LogP contribution in [0.2, 0.25) is 0 Å². The second kappa shape index (κ2) is 5.77. The molecule has 1 amide bonds. The van der Waals surface area contributed by atoms with Crippen molar-refractivity contribution in [2.24, 2.45) is 0 Å². The second-order valence-electron chi connectivity index (χ2n) is 5.18. The standard InChI is InChI=1S/C13H19BrN2O3/c1-6-15(12(17)19-13(3,4)5)11-7-10(14)8-16(18)9(11)2/h7-8H,6H2,1-5H3. The van der Waals surface area contributed by atoms with Crippen LogP contribution in [0.3, 0.4) is 0 Å². The van der Waals surface area contributed by atoms with Crippen molar-refractivity contribution in [2.45, 2.75) is 40.2 Å². The number of halogens is 1. The van der Waals surface area contributed by atoms with E-state index in [9.17, 15) is 10.0 Å². The lowest BCUT2D eigenvalue weighted by atomic mass is 10.2. The van der Waals surface area contributed by atoms with E-state index in [1.54, 1.807) is 33.8 Å². The molecule has 1 aromatic heterocycles. The largest absolute Gasteiger partial charge is 0.618 e. The molecule has 0 N–H and O–H groups in total. The lowest BCUT2D eigenvalue weighted by Crippen LogP contribution is -2.40. The molecule has 0 fully saturated rings. The predicted octanol–water partition coefficient (Wildman–Crippen LogP) is 3.15. The van der Waals surface area contributed by atoms with Crippen LogP contribution in [-0.4, -0.2) is 18.2 Å². The molecule has 0 atom stereocenters. The number of carbonyl (C=O) groups is 1. The second-order valence-corrected chi connectivity index (χ2v) is 6.10. The first-order chi connectivity index (χ1) is 8.65. The quantitative estimate of drug-likeness (QED) is 0.618. The molecule has 0 aliphatic rings. The molecule has 19 heavy (non-hydrogen) atoms. The number of pyridine rings is 1. The highest BCUT2D eigenvalue weighted by atomic mass is 79.9. The number of ether oxygens (including phenoxy) is 1. The van der Waals surface area contributed by atoms with Crippen molar-refractivity contribution >= 4 is 27.7 Å². The summed E-state index contributed by atoms with van der Waals surface area (Å²) in [5.74, 6) is 0. The molecule has 6 heteroatoms. The van der Waals surface area contributed by atoms with Crippen molar-refractivity contribution in [3.05, 3.63) is 27.6 Å². The zero-order valence-electron chi connectivity index (χ0n) is 11.9. The fraction of sp³-hybridized carbons (Fsp3) is 0.538. The van der Waals surface area contributed by atoms with Gasteiger partial charge in [0.2, 0.25) is 5.69 Å². The van der Waals surface area contributed by atoms with Crippen LogP contribution in [0, 0.1) is 12.1 Å². The maximum atomic E-state index is 12.1. The van der Waals surface area contributed by atoms with E-state index in [-0.39, 0.29) is 0 Å². The highest BCUT2D eigenvalue weighted by molar-refractivity contribution is 9.10. The summed E-state index contributed by atoms with van der Waals surface area (Å²) in [6.45, 7) is 9.34. The molecule has 1 rings (SSSR count). The molecule has 5 nitrogen and oxygen atoms in total. The van der Waals surface area contributed by atoms with Crippen molar-refractivity contribution in [1.29, 1.82) is 0 Å². The third-order valence-electron chi connectivity index (χ3n) is 2.44. The third-order valence-corrected chi connectivity index (χ3v) is 2.87. The van der Waals surface area contributed by atoms with Crippen molar-refractivity contribution in [1.82, 2.24) is 0 Å². The zero-order chi connectivity index (χ0) is 14.8. The number of amides is 1. The Balaban J connectivity index is 3.14. The Morgan fingerprint density at radius 3 is 2.58 bits per heavy atom. The molecule has 0 aromatic carbocycles. The lowest BCUT2D eigenvalue weighted by molar-refractivity contribution is -0.612. The Morgan fingerprint density at radius 2 is 2.11 bits per heavy atom. The maximum absolute atomic E-state index is 12.1. The van der Waals surface area contributed by atoms with Crippen LogP contribution in [0.1, 0.15) is 33.4 Å². The lowest BCUT2D eigenvalue weighted by Gasteiger charge is -2.26. The van der Waals surface area contributed by atoms with Gasteiger partial charge in [-0.3, -0.25) is 4.90 Å². The van der Waals surface area contributed by atoms with E-state index in [1.165, 1.54) is 11.1 Å². The van der Waals surface area contributed by atoms with Crippen molar-refractivity contribution in [3.63, 3.8) is 0 Å². The first-order valence-corrected chi connectivity index (χ1v) is 6.85. The molecule has 1 heterocycles. The average molecular weight is 331 g/mol. The van der Waals surface area contributed by atoms with Gasteiger partial charge in [0.25, 0.3) is 0 Å². The van der Waals surface area contributed by atoms with Crippen molar-refractivity contribution < 1.29 is 14.3 Å². The molecule has 0 aliphatic carbocycles. The van der Waals surface area contributed by atoms with Gasteiger partial charge in [0.1, 0.15) is 11.3 Å². The minimum Gasteiger partial charge on any atom is -0.618 e. The molecule has 1 aromatic rings. The van der Waals surface area contributed by atoms with Crippen LogP contribution in [0.5, 0.6) is 0 Å². The van der Waals surface area contributed by atoms with E-state index < -0.39 is 11.7 Å². The molecule has 0 spiro atoms. The van der Waals surface area contributed by atoms with Crippen LogP contribution in [-0.2, 0) is 4.74 Å². The van der Waals surface area contributed by atoms with Crippen LogP contribution in [0.4, 0.5) is 10.5 Å². The first kappa shape index (κ1) is 15.8. The van der Waals surface area contributed by atoms with E-state index in [4.69, 9.17) is 4.74 Å². The van der Waals surface area contributed by atoms with Crippen LogP contribution >= 0.6 is 15.9 Å². The fourth-order valence-electron chi connectivity index (χ4n) is 1.58. The number of aromatic nitrogens is 1. The van der Waals surface area contributed by atoms with Crippen LogP contribution < -0.4 is 9.63 Å². The van der Waals surface area contributed by atoms with E-state index in [0.29, 0.717) is 22.4 Å². The van der Waals surface area contributed by atoms with Gasteiger partial charge in [0.15, 0.2) is 6.20 Å². The van der Waals surface area contributed by atoms with Gasteiger partial charge in [-0.05, 0) is 49.7 Å². The van der Waals surface area contributed by atoms with Gasteiger partial charge in [0.05, 0.1) is 4.47 Å².